The summed E-state index contributed by atoms with van der Waals surface area (Å²) in [6.45, 7) is 5.94. The van der Waals surface area contributed by atoms with Gasteiger partial charge < -0.3 is 4.42 Å². The Hall–Kier alpha value is -0.520. The van der Waals surface area contributed by atoms with Crippen LogP contribution in [0.3, 0.4) is 0 Å². The maximum Gasteiger partial charge on any atom is 0.247 e. The van der Waals surface area contributed by atoms with E-state index in [4.69, 9.17) is 16.0 Å². The number of furan rings is 1. The van der Waals surface area contributed by atoms with Crippen LogP contribution in [0.5, 0.6) is 0 Å². The Morgan fingerprint density at radius 2 is 2.06 bits per heavy atom. The Morgan fingerprint density at radius 1 is 1.39 bits per heavy atom. The minimum Gasteiger partial charge on any atom is -0.465 e. The molecule has 102 valence electrons. The molecule has 1 aromatic heterocycles. The maximum absolute atomic E-state index is 12.7. The van der Waals surface area contributed by atoms with Gasteiger partial charge in [0, 0.05) is 18.2 Å². The molecule has 0 N–H and O–H groups in total. The van der Waals surface area contributed by atoms with Gasteiger partial charge in [-0.05, 0) is 33.6 Å². The molecule has 2 heterocycles. The summed E-state index contributed by atoms with van der Waals surface area (Å²) in [4.78, 5) is 0.267. The number of rotatable bonds is 3. The maximum atomic E-state index is 12.7. The Balaban J connectivity index is 2.54. The molecule has 0 aromatic carbocycles. The summed E-state index contributed by atoms with van der Waals surface area (Å²) in [5.41, 5.74) is 0.591. The van der Waals surface area contributed by atoms with Crippen molar-refractivity contribution in [3.63, 3.8) is 0 Å². The molecule has 1 saturated heterocycles. The van der Waals surface area contributed by atoms with Crippen molar-refractivity contribution in [2.75, 3.05) is 6.54 Å². The molecule has 1 fully saturated rings. The molecule has 0 spiro atoms. The highest BCUT2D eigenvalue weighted by Crippen LogP contribution is 2.33. The van der Waals surface area contributed by atoms with Crippen molar-refractivity contribution in [3.8, 4) is 0 Å². The van der Waals surface area contributed by atoms with Gasteiger partial charge in [0.05, 0.1) is 5.88 Å². The second-order valence-electron chi connectivity index (χ2n) is 4.76. The first-order valence-corrected chi connectivity index (χ1v) is 8.03. The van der Waals surface area contributed by atoms with Crippen LogP contribution in [0.1, 0.15) is 36.8 Å². The van der Waals surface area contributed by atoms with Crippen LogP contribution in [0.4, 0.5) is 0 Å². The largest absolute Gasteiger partial charge is 0.465 e. The molecule has 0 radical (unpaired) electrons. The van der Waals surface area contributed by atoms with Gasteiger partial charge in [-0.25, -0.2) is 8.42 Å². The number of alkyl halides is 1. The van der Waals surface area contributed by atoms with E-state index in [9.17, 15) is 8.42 Å². The molecule has 6 heteroatoms. The molecule has 1 aliphatic heterocycles. The average Bonchev–Trinajstić information content (AvgIpc) is 2.82. The molecule has 1 aliphatic rings. The van der Waals surface area contributed by atoms with Gasteiger partial charge in [-0.2, -0.15) is 4.31 Å². The van der Waals surface area contributed by atoms with E-state index in [0.29, 0.717) is 23.6 Å². The summed E-state index contributed by atoms with van der Waals surface area (Å²) in [6.07, 6.45) is 1.82. The van der Waals surface area contributed by atoms with Gasteiger partial charge in [0.2, 0.25) is 10.0 Å². The lowest BCUT2D eigenvalue weighted by atomic mass is 10.3. The van der Waals surface area contributed by atoms with E-state index in [1.807, 2.05) is 6.92 Å². The molecule has 4 nitrogen and oxygen atoms in total. The molecule has 0 amide bonds. The van der Waals surface area contributed by atoms with Crippen molar-refractivity contribution in [1.29, 1.82) is 0 Å². The molecule has 1 unspecified atom stereocenters. The van der Waals surface area contributed by atoms with Crippen molar-refractivity contribution in [2.24, 2.45) is 0 Å². The predicted octanol–water partition coefficient (Wildman–Crippen LogP) is 2.81. The minimum atomic E-state index is -3.49. The zero-order valence-corrected chi connectivity index (χ0v) is 12.4. The third-order valence-electron chi connectivity index (χ3n) is 3.52. The van der Waals surface area contributed by atoms with Crippen molar-refractivity contribution >= 4 is 21.6 Å². The molecule has 1 aromatic rings. The van der Waals surface area contributed by atoms with Gasteiger partial charge in [0.1, 0.15) is 16.4 Å². The molecular formula is C12H18ClNO3S. The molecule has 1 atom stereocenters. The van der Waals surface area contributed by atoms with E-state index in [0.717, 1.165) is 12.8 Å². The fraction of sp³-hybridized carbons (Fsp3) is 0.667. The first-order valence-electron chi connectivity index (χ1n) is 6.06. The Morgan fingerprint density at radius 3 is 2.56 bits per heavy atom. The molecule has 18 heavy (non-hydrogen) atoms. The fourth-order valence-electron chi connectivity index (χ4n) is 2.58. The summed E-state index contributed by atoms with van der Waals surface area (Å²) in [5.74, 6) is 1.18. The highest BCUT2D eigenvalue weighted by molar-refractivity contribution is 7.89. The van der Waals surface area contributed by atoms with Gasteiger partial charge in [-0.3, -0.25) is 0 Å². The van der Waals surface area contributed by atoms with Crippen molar-refractivity contribution in [1.82, 2.24) is 4.31 Å². The number of sulfonamides is 1. The second kappa shape index (κ2) is 4.87. The van der Waals surface area contributed by atoms with Gasteiger partial charge in [0.25, 0.3) is 0 Å². The van der Waals surface area contributed by atoms with Crippen LogP contribution in [0.25, 0.3) is 0 Å². The first kappa shape index (κ1) is 13.9. The molecule has 0 bridgehead atoms. The van der Waals surface area contributed by atoms with Crippen LogP contribution < -0.4 is 0 Å². The van der Waals surface area contributed by atoms with E-state index in [-0.39, 0.29) is 16.8 Å². The average molecular weight is 292 g/mol. The zero-order valence-electron chi connectivity index (χ0n) is 10.9. The van der Waals surface area contributed by atoms with E-state index in [1.54, 1.807) is 18.2 Å². The zero-order chi connectivity index (χ0) is 13.5. The third kappa shape index (κ3) is 2.08. The van der Waals surface area contributed by atoms with Gasteiger partial charge in [-0.1, -0.05) is 0 Å². The highest BCUT2D eigenvalue weighted by Gasteiger charge is 2.37. The van der Waals surface area contributed by atoms with Gasteiger partial charge in [0.15, 0.2) is 0 Å². The number of hydrogen-bond donors (Lipinski definition) is 0. The predicted molar refractivity (Wildman–Crippen MR) is 70.3 cm³/mol. The number of aryl methyl sites for hydroxylation is 2. The quantitative estimate of drug-likeness (QED) is 0.805. The summed E-state index contributed by atoms with van der Waals surface area (Å²) in [7, 11) is -3.49. The van der Waals surface area contributed by atoms with Crippen LogP contribution in [0, 0.1) is 13.8 Å². The van der Waals surface area contributed by atoms with Crippen LogP contribution in [0.2, 0.25) is 0 Å². The molecule has 2 rings (SSSR count). The smallest absolute Gasteiger partial charge is 0.247 e. The summed E-state index contributed by atoms with van der Waals surface area (Å²) >= 11 is 5.86. The number of halogens is 1. The Kier molecular flexibility index (Phi) is 3.76. The first-order chi connectivity index (χ1) is 8.39. The Labute approximate surface area is 113 Å². The van der Waals surface area contributed by atoms with E-state index in [2.05, 4.69) is 0 Å². The second-order valence-corrected chi connectivity index (χ2v) is 6.86. The number of nitrogens with zero attached hydrogens (tertiary/aromatic N) is 1. The Bertz CT molecular complexity index is 550. The van der Waals surface area contributed by atoms with Crippen molar-refractivity contribution < 1.29 is 12.8 Å². The lowest BCUT2D eigenvalue weighted by Crippen LogP contribution is -2.34. The van der Waals surface area contributed by atoms with E-state index >= 15 is 0 Å². The summed E-state index contributed by atoms with van der Waals surface area (Å²) in [6, 6.07) is 0.0489. The van der Waals surface area contributed by atoms with Crippen LogP contribution in [0.15, 0.2) is 9.31 Å². The van der Waals surface area contributed by atoms with Gasteiger partial charge in [-0.15, -0.1) is 11.6 Å². The molecule has 0 aliphatic carbocycles. The lowest BCUT2D eigenvalue weighted by molar-refractivity contribution is 0.406. The molecular weight excluding hydrogens is 274 g/mol. The van der Waals surface area contributed by atoms with E-state index < -0.39 is 10.0 Å². The van der Waals surface area contributed by atoms with Crippen LogP contribution in [-0.4, -0.2) is 25.3 Å². The monoisotopic (exact) mass is 291 g/mol. The SMILES string of the molecule is Cc1oc(C)c(S(=O)(=O)N2CCCC2C)c1CCl. The lowest BCUT2D eigenvalue weighted by Gasteiger charge is -2.21. The van der Waals surface area contributed by atoms with Crippen LogP contribution in [-0.2, 0) is 15.9 Å². The van der Waals surface area contributed by atoms with Crippen LogP contribution >= 0.6 is 11.6 Å². The standard InChI is InChI=1S/C12H18ClNO3S/c1-8-5-4-6-14(8)18(15,16)12-10(3)17-9(2)11(12)7-13/h8H,4-7H2,1-3H3. The minimum absolute atomic E-state index is 0.0489. The van der Waals surface area contributed by atoms with Crippen molar-refractivity contribution in [3.05, 3.63) is 17.1 Å². The normalized spacial score (nSPS) is 21.7. The van der Waals surface area contributed by atoms with E-state index in [1.165, 1.54) is 0 Å². The van der Waals surface area contributed by atoms with Crippen molar-refractivity contribution in [2.45, 2.75) is 50.4 Å². The van der Waals surface area contributed by atoms with Gasteiger partial charge >= 0.3 is 0 Å². The summed E-state index contributed by atoms with van der Waals surface area (Å²) in [5, 5.41) is 0. The fourth-order valence-corrected chi connectivity index (χ4v) is 5.10. The molecule has 0 saturated carbocycles. The highest BCUT2D eigenvalue weighted by atomic mass is 35.5. The summed E-state index contributed by atoms with van der Waals surface area (Å²) < 4.78 is 32.3. The third-order valence-corrected chi connectivity index (χ3v) is 5.99. The number of hydrogen-bond acceptors (Lipinski definition) is 3. The topological polar surface area (TPSA) is 50.5 Å².